The lowest BCUT2D eigenvalue weighted by Crippen LogP contribution is -2.40. The molecule has 37 heavy (non-hydrogen) atoms. The van der Waals surface area contributed by atoms with Crippen molar-refractivity contribution in [3.8, 4) is 11.5 Å². The van der Waals surface area contributed by atoms with Gasteiger partial charge >= 0.3 is 6.03 Å². The minimum absolute atomic E-state index is 0.0900. The molecule has 3 heterocycles. The van der Waals surface area contributed by atoms with Crippen LogP contribution in [-0.4, -0.2) is 29.0 Å². The highest BCUT2D eigenvalue weighted by molar-refractivity contribution is 7.21. The van der Waals surface area contributed by atoms with Crippen LogP contribution in [0.2, 0.25) is 0 Å². The predicted molar refractivity (Wildman–Crippen MR) is 146 cm³/mol. The molecule has 0 saturated heterocycles. The standard InChI is InChI=1S/C28H27N5O3S/c1-16-15-20(36-19-5-3-2-4-6-19)11-12-21(16)33-22-13-14-30-27-23(22)24(32-28(33)35)25(37-27)26(34)31-18-9-7-17(29)8-10-18/h2-6,11-15,17-18H,7-10,29H2,1H3,(H,31,34)(H,32,35)/t17-,18+. The van der Waals surface area contributed by atoms with E-state index in [2.05, 4.69) is 15.6 Å². The van der Waals surface area contributed by atoms with Gasteiger partial charge in [0.2, 0.25) is 0 Å². The molecule has 1 aliphatic heterocycles. The summed E-state index contributed by atoms with van der Waals surface area (Å²) in [5.41, 5.74) is 8.84. The fraction of sp³-hybridized carbons (Fsp3) is 0.250. The van der Waals surface area contributed by atoms with E-state index in [0.717, 1.165) is 48.1 Å². The Bertz CT molecular complexity index is 1490. The largest absolute Gasteiger partial charge is 0.457 e. The normalized spacial score (nSPS) is 19.0. The van der Waals surface area contributed by atoms with Gasteiger partial charge in [0.25, 0.3) is 5.91 Å². The first-order valence-corrected chi connectivity index (χ1v) is 13.2. The highest BCUT2D eigenvalue weighted by Gasteiger charge is 2.34. The summed E-state index contributed by atoms with van der Waals surface area (Å²) in [5, 5.41) is 6.88. The average molecular weight is 514 g/mol. The van der Waals surface area contributed by atoms with Crippen LogP contribution in [-0.2, 0) is 0 Å². The van der Waals surface area contributed by atoms with Crippen LogP contribution in [0.4, 0.5) is 21.9 Å². The minimum Gasteiger partial charge on any atom is -0.457 e. The molecule has 4 aromatic rings. The average Bonchev–Trinajstić information content (AvgIpc) is 3.27. The topological polar surface area (TPSA) is 110 Å². The number of hydrogen-bond donors (Lipinski definition) is 3. The van der Waals surface area contributed by atoms with Crippen molar-refractivity contribution < 1.29 is 14.3 Å². The van der Waals surface area contributed by atoms with Crippen molar-refractivity contribution in [2.75, 3.05) is 10.2 Å². The number of pyridine rings is 1. The van der Waals surface area contributed by atoms with Gasteiger partial charge < -0.3 is 21.1 Å². The summed E-state index contributed by atoms with van der Waals surface area (Å²) in [4.78, 5) is 34.0. The highest BCUT2D eigenvalue weighted by Crippen LogP contribution is 2.46. The van der Waals surface area contributed by atoms with E-state index >= 15 is 0 Å². The lowest BCUT2D eigenvalue weighted by molar-refractivity contribution is 0.0931. The highest BCUT2D eigenvalue weighted by atomic mass is 32.1. The number of nitrogens with one attached hydrogen (secondary N) is 2. The zero-order valence-electron chi connectivity index (χ0n) is 20.4. The maximum atomic E-state index is 13.4. The number of carbonyl (C=O) groups excluding carboxylic acids is 2. The second-order valence-electron chi connectivity index (χ2n) is 9.53. The summed E-state index contributed by atoms with van der Waals surface area (Å²) in [6.07, 6.45) is 5.20. The Balaban J connectivity index is 1.32. The lowest BCUT2D eigenvalue weighted by Gasteiger charge is -2.30. The smallest absolute Gasteiger partial charge is 0.331 e. The van der Waals surface area contributed by atoms with Gasteiger partial charge in [-0.2, -0.15) is 0 Å². The van der Waals surface area contributed by atoms with Crippen LogP contribution >= 0.6 is 11.3 Å². The number of para-hydroxylation sites is 1. The minimum atomic E-state index is -0.323. The Morgan fingerprint density at radius 2 is 1.86 bits per heavy atom. The first-order chi connectivity index (χ1) is 18.0. The van der Waals surface area contributed by atoms with Crippen molar-refractivity contribution in [2.24, 2.45) is 5.73 Å². The summed E-state index contributed by atoms with van der Waals surface area (Å²) in [7, 11) is 0. The van der Waals surface area contributed by atoms with Gasteiger partial charge in [0.1, 0.15) is 21.2 Å². The molecule has 0 unspecified atom stereocenters. The monoisotopic (exact) mass is 513 g/mol. The van der Waals surface area contributed by atoms with Crippen LogP contribution in [0.25, 0.3) is 10.2 Å². The second-order valence-corrected chi connectivity index (χ2v) is 10.5. The number of benzene rings is 2. The quantitative estimate of drug-likeness (QED) is 0.300. The van der Waals surface area contributed by atoms with Crippen molar-refractivity contribution in [1.29, 1.82) is 0 Å². The predicted octanol–water partition coefficient (Wildman–Crippen LogP) is 6.08. The molecule has 0 bridgehead atoms. The molecule has 2 aliphatic rings. The number of amides is 3. The maximum absolute atomic E-state index is 13.4. The third-order valence-corrected chi connectivity index (χ3v) is 8.04. The summed E-state index contributed by atoms with van der Waals surface area (Å²) in [6.45, 7) is 1.94. The molecule has 8 nitrogen and oxygen atoms in total. The second kappa shape index (κ2) is 9.49. The van der Waals surface area contributed by atoms with Gasteiger partial charge in [-0.1, -0.05) is 18.2 Å². The van der Waals surface area contributed by atoms with Crippen molar-refractivity contribution in [3.05, 3.63) is 71.2 Å². The Morgan fingerprint density at radius 3 is 2.62 bits per heavy atom. The molecule has 0 atom stereocenters. The molecule has 4 N–H and O–H groups in total. The van der Waals surface area contributed by atoms with Gasteiger partial charge in [-0.05, 0) is 74.6 Å². The SMILES string of the molecule is Cc1cc(Oc2ccccc2)ccc1N1C(=O)Nc2c(C(=O)N[C@H]3CC[C@@H](N)CC3)sc3nccc1c23. The van der Waals surface area contributed by atoms with Gasteiger partial charge in [-0.25, -0.2) is 9.78 Å². The van der Waals surface area contributed by atoms with Crippen LogP contribution in [0, 0.1) is 6.92 Å². The molecule has 3 amide bonds. The van der Waals surface area contributed by atoms with Crippen molar-refractivity contribution in [3.63, 3.8) is 0 Å². The first kappa shape index (κ1) is 23.4. The van der Waals surface area contributed by atoms with Gasteiger partial charge in [-0.3, -0.25) is 9.69 Å². The van der Waals surface area contributed by atoms with E-state index in [-0.39, 0.29) is 24.0 Å². The molecular formula is C28H27N5O3S. The number of nitrogens with zero attached hydrogens (tertiary/aromatic N) is 2. The Kier molecular flexibility index (Phi) is 6.02. The van der Waals surface area contributed by atoms with E-state index in [1.165, 1.54) is 11.3 Å². The number of hydrogen-bond acceptors (Lipinski definition) is 6. The molecule has 2 aromatic carbocycles. The van der Waals surface area contributed by atoms with Crippen LogP contribution in [0.1, 0.15) is 40.9 Å². The molecule has 1 fully saturated rings. The molecule has 2 aromatic heterocycles. The van der Waals surface area contributed by atoms with Gasteiger partial charge in [-0.15, -0.1) is 11.3 Å². The molecule has 6 rings (SSSR count). The van der Waals surface area contributed by atoms with E-state index in [1.807, 2.05) is 61.5 Å². The van der Waals surface area contributed by atoms with Crippen molar-refractivity contribution in [2.45, 2.75) is 44.7 Å². The molecule has 0 spiro atoms. The van der Waals surface area contributed by atoms with Crippen LogP contribution < -0.4 is 26.0 Å². The number of carbonyl (C=O) groups is 2. The maximum Gasteiger partial charge on any atom is 0.331 e. The van der Waals surface area contributed by atoms with E-state index < -0.39 is 0 Å². The summed E-state index contributed by atoms with van der Waals surface area (Å²) in [6, 6.07) is 17.0. The molecule has 1 aliphatic carbocycles. The van der Waals surface area contributed by atoms with E-state index in [4.69, 9.17) is 10.5 Å². The Morgan fingerprint density at radius 1 is 1.08 bits per heavy atom. The number of ether oxygens (including phenoxy) is 1. The molecular weight excluding hydrogens is 486 g/mol. The number of urea groups is 1. The van der Waals surface area contributed by atoms with Gasteiger partial charge in [0, 0.05) is 18.3 Å². The number of aryl methyl sites for hydroxylation is 1. The molecule has 1 saturated carbocycles. The Labute approximate surface area is 218 Å². The zero-order chi connectivity index (χ0) is 25.5. The van der Waals surface area contributed by atoms with Crippen molar-refractivity contribution >= 4 is 50.6 Å². The fourth-order valence-corrected chi connectivity index (χ4v) is 6.09. The van der Waals surface area contributed by atoms with E-state index in [1.54, 1.807) is 11.1 Å². The van der Waals surface area contributed by atoms with Crippen molar-refractivity contribution in [1.82, 2.24) is 10.3 Å². The summed E-state index contributed by atoms with van der Waals surface area (Å²) >= 11 is 1.30. The lowest BCUT2D eigenvalue weighted by atomic mass is 9.92. The van der Waals surface area contributed by atoms with E-state index in [9.17, 15) is 9.59 Å². The van der Waals surface area contributed by atoms with Crippen LogP contribution in [0.15, 0.2) is 60.8 Å². The number of aromatic nitrogens is 1. The van der Waals surface area contributed by atoms with Crippen LogP contribution in [0.5, 0.6) is 11.5 Å². The third kappa shape index (κ3) is 4.41. The summed E-state index contributed by atoms with van der Waals surface area (Å²) in [5.74, 6) is 1.24. The molecule has 188 valence electrons. The van der Waals surface area contributed by atoms with Gasteiger partial charge in [0.15, 0.2) is 0 Å². The molecule has 9 heteroatoms. The molecule has 0 radical (unpaired) electrons. The number of thiophene rings is 1. The number of rotatable bonds is 5. The van der Waals surface area contributed by atoms with Gasteiger partial charge in [0.05, 0.1) is 22.4 Å². The fourth-order valence-electron chi connectivity index (χ4n) is 5.06. The first-order valence-electron chi connectivity index (χ1n) is 12.4. The zero-order valence-corrected chi connectivity index (χ0v) is 21.2. The number of nitrogens with two attached hydrogens (primary N) is 1. The third-order valence-electron chi connectivity index (χ3n) is 6.95. The van der Waals surface area contributed by atoms with Crippen LogP contribution in [0.3, 0.4) is 0 Å². The van der Waals surface area contributed by atoms with E-state index in [0.29, 0.717) is 26.8 Å². The Hall–Kier alpha value is -3.95. The number of anilines is 3. The summed E-state index contributed by atoms with van der Waals surface area (Å²) < 4.78 is 5.96.